The Balaban J connectivity index is 1.91. The summed E-state index contributed by atoms with van der Waals surface area (Å²) in [6.07, 6.45) is 1.15. The van der Waals surface area contributed by atoms with Gasteiger partial charge < -0.3 is 4.90 Å². The van der Waals surface area contributed by atoms with E-state index in [9.17, 15) is 18.4 Å². The van der Waals surface area contributed by atoms with Crippen molar-refractivity contribution in [1.82, 2.24) is 9.78 Å². The highest BCUT2D eigenvalue weighted by atomic mass is 19.2. The molecule has 7 heteroatoms. The third-order valence-corrected chi connectivity index (χ3v) is 3.71. The molecule has 2 aromatic carbocycles. The molecule has 5 nitrogen and oxygen atoms in total. The Morgan fingerprint density at radius 2 is 1.92 bits per heavy atom. The number of rotatable bonds is 3. The predicted octanol–water partition coefficient (Wildman–Crippen LogP) is 2.34. The van der Waals surface area contributed by atoms with E-state index in [0.717, 1.165) is 18.3 Å². The van der Waals surface area contributed by atoms with E-state index in [4.69, 9.17) is 0 Å². The molecule has 0 aliphatic heterocycles. The fourth-order valence-corrected chi connectivity index (χ4v) is 2.36. The van der Waals surface area contributed by atoms with Crippen molar-refractivity contribution in [1.29, 1.82) is 0 Å². The molecule has 122 valence electrons. The zero-order chi connectivity index (χ0) is 17.3. The maximum Gasteiger partial charge on any atom is 0.248 e. The second-order valence-corrected chi connectivity index (χ2v) is 5.23. The number of carbonyl (C=O) groups is 1. The van der Waals surface area contributed by atoms with Crippen LogP contribution in [0, 0.1) is 11.6 Å². The van der Waals surface area contributed by atoms with Crippen LogP contribution >= 0.6 is 0 Å². The molecule has 1 heterocycles. The third kappa shape index (κ3) is 2.88. The number of amides is 1. The number of anilines is 1. The van der Waals surface area contributed by atoms with Gasteiger partial charge in [0.2, 0.25) is 11.3 Å². The molecule has 1 amide bonds. The first-order valence-corrected chi connectivity index (χ1v) is 7.14. The smallest absolute Gasteiger partial charge is 0.248 e. The van der Waals surface area contributed by atoms with Gasteiger partial charge in [0.25, 0.3) is 0 Å². The van der Waals surface area contributed by atoms with Gasteiger partial charge in [-0.25, -0.2) is 8.78 Å². The van der Waals surface area contributed by atoms with Crippen molar-refractivity contribution in [3.05, 3.63) is 70.5 Å². The summed E-state index contributed by atoms with van der Waals surface area (Å²) in [7, 11) is 1.46. The quantitative estimate of drug-likeness (QED) is 0.741. The summed E-state index contributed by atoms with van der Waals surface area (Å²) in [5.74, 6) is -2.39. The fourth-order valence-electron chi connectivity index (χ4n) is 2.36. The van der Waals surface area contributed by atoms with Crippen LogP contribution in [0.4, 0.5) is 14.5 Å². The molecule has 3 aromatic rings. The Labute approximate surface area is 135 Å². The van der Waals surface area contributed by atoms with Crippen LogP contribution in [0.1, 0.15) is 0 Å². The number of carbonyl (C=O) groups excluding carboxylic acids is 1. The molecular weight excluding hydrogens is 316 g/mol. The summed E-state index contributed by atoms with van der Waals surface area (Å²) in [6.45, 7) is -0.143. The molecule has 0 aliphatic rings. The summed E-state index contributed by atoms with van der Waals surface area (Å²) in [6, 6.07) is 10.0. The number of para-hydroxylation sites is 1. The van der Waals surface area contributed by atoms with E-state index in [0.29, 0.717) is 10.9 Å². The first kappa shape index (κ1) is 15.8. The molecule has 0 fully saturated rings. The van der Waals surface area contributed by atoms with Crippen LogP contribution in [0.5, 0.6) is 0 Å². The summed E-state index contributed by atoms with van der Waals surface area (Å²) >= 11 is 0. The van der Waals surface area contributed by atoms with E-state index in [1.54, 1.807) is 24.3 Å². The average molecular weight is 329 g/mol. The zero-order valence-corrected chi connectivity index (χ0v) is 12.7. The summed E-state index contributed by atoms with van der Waals surface area (Å²) in [5.41, 5.74) is 0.518. The Morgan fingerprint density at radius 1 is 1.17 bits per heavy atom. The third-order valence-electron chi connectivity index (χ3n) is 3.71. The van der Waals surface area contributed by atoms with Crippen molar-refractivity contribution in [2.45, 2.75) is 6.54 Å². The van der Waals surface area contributed by atoms with Crippen molar-refractivity contribution in [3.63, 3.8) is 0 Å². The van der Waals surface area contributed by atoms with Crippen LogP contribution in [0.3, 0.4) is 0 Å². The molecule has 0 saturated heterocycles. The Kier molecular flexibility index (Phi) is 4.07. The van der Waals surface area contributed by atoms with E-state index < -0.39 is 11.6 Å². The number of fused-ring (bicyclic) bond motifs is 1. The monoisotopic (exact) mass is 329 g/mol. The van der Waals surface area contributed by atoms with Crippen LogP contribution in [0.25, 0.3) is 10.9 Å². The number of nitrogens with zero attached hydrogens (tertiary/aromatic N) is 3. The van der Waals surface area contributed by atoms with E-state index in [1.807, 2.05) is 0 Å². The molecule has 0 atom stereocenters. The molecule has 1 aromatic heterocycles. The van der Waals surface area contributed by atoms with Crippen LogP contribution in [-0.4, -0.2) is 22.7 Å². The molecular formula is C17H13F2N3O2. The lowest BCUT2D eigenvalue weighted by Crippen LogP contribution is -2.31. The standard InChI is InChI=1S/C17H13F2N3O2/c1-21(11-6-7-13(18)14(19)8-11)17(24)10-22-15-5-3-2-4-12(15)16(23)9-20-22/h2-9H,10H2,1H3. The van der Waals surface area contributed by atoms with Crippen molar-refractivity contribution >= 4 is 22.5 Å². The second kappa shape index (κ2) is 6.19. The topological polar surface area (TPSA) is 55.2 Å². The number of aromatic nitrogens is 2. The van der Waals surface area contributed by atoms with Gasteiger partial charge in [-0.1, -0.05) is 12.1 Å². The van der Waals surface area contributed by atoms with Gasteiger partial charge >= 0.3 is 0 Å². The van der Waals surface area contributed by atoms with Crippen molar-refractivity contribution < 1.29 is 13.6 Å². The highest BCUT2D eigenvalue weighted by Gasteiger charge is 2.15. The lowest BCUT2D eigenvalue weighted by atomic mass is 10.2. The number of halogens is 2. The number of benzene rings is 2. The molecule has 0 aliphatic carbocycles. The maximum absolute atomic E-state index is 13.3. The Morgan fingerprint density at radius 3 is 2.67 bits per heavy atom. The van der Waals surface area contributed by atoms with E-state index in [2.05, 4.69) is 5.10 Å². The van der Waals surface area contributed by atoms with Gasteiger partial charge in [0.05, 0.1) is 11.7 Å². The van der Waals surface area contributed by atoms with Crippen molar-refractivity contribution in [2.24, 2.45) is 0 Å². The van der Waals surface area contributed by atoms with Gasteiger partial charge in [-0.2, -0.15) is 5.10 Å². The minimum Gasteiger partial charge on any atom is -0.314 e. The Bertz CT molecular complexity index is 985. The van der Waals surface area contributed by atoms with Gasteiger partial charge in [0.15, 0.2) is 11.6 Å². The number of hydrogen-bond donors (Lipinski definition) is 0. The highest BCUT2D eigenvalue weighted by molar-refractivity contribution is 5.93. The first-order chi connectivity index (χ1) is 11.5. The van der Waals surface area contributed by atoms with E-state index in [1.165, 1.54) is 22.7 Å². The lowest BCUT2D eigenvalue weighted by molar-refractivity contribution is -0.119. The minimum absolute atomic E-state index is 0.143. The molecule has 0 N–H and O–H groups in total. The van der Waals surface area contributed by atoms with Crippen molar-refractivity contribution in [3.8, 4) is 0 Å². The van der Waals surface area contributed by atoms with E-state index >= 15 is 0 Å². The molecule has 0 unspecified atom stereocenters. The van der Waals surface area contributed by atoms with Crippen molar-refractivity contribution in [2.75, 3.05) is 11.9 Å². The van der Waals surface area contributed by atoms with Crippen LogP contribution in [-0.2, 0) is 11.3 Å². The van der Waals surface area contributed by atoms with Gasteiger partial charge in [0.1, 0.15) is 6.54 Å². The van der Waals surface area contributed by atoms with Crippen LogP contribution in [0.15, 0.2) is 53.5 Å². The maximum atomic E-state index is 13.3. The predicted molar refractivity (Wildman–Crippen MR) is 85.8 cm³/mol. The Hall–Kier alpha value is -3.09. The summed E-state index contributed by atoms with van der Waals surface area (Å²) in [5, 5.41) is 4.43. The molecule has 0 radical (unpaired) electrons. The summed E-state index contributed by atoms with van der Waals surface area (Å²) < 4.78 is 27.7. The second-order valence-electron chi connectivity index (χ2n) is 5.23. The van der Waals surface area contributed by atoms with Crippen LogP contribution in [0.2, 0.25) is 0 Å². The summed E-state index contributed by atoms with van der Waals surface area (Å²) in [4.78, 5) is 25.4. The normalized spacial score (nSPS) is 10.8. The molecule has 3 rings (SSSR count). The molecule has 0 spiro atoms. The van der Waals surface area contributed by atoms with Gasteiger partial charge in [-0.3, -0.25) is 14.3 Å². The van der Waals surface area contributed by atoms with Gasteiger partial charge in [0, 0.05) is 24.2 Å². The van der Waals surface area contributed by atoms with Gasteiger partial charge in [-0.15, -0.1) is 0 Å². The zero-order valence-electron chi connectivity index (χ0n) is 12.7. The SMILES string of the molecule is CN(C(=O)Cn1ncc(=O)c2ccccc21)c1ccc(F)c(F)c1. The molecule has 0 bridgehead atoms. The number of hydrogen-bond acceptors (Lipinski definition) is 3. The fraction of sp³-hybridized carbons (Fsp3) is 0.118. The average Bonchev–Trinajstić information content (AvgIpc) is 2.59. The lowest BCUT2D eigenvalue weighted by Gasteiger charge is -2.18. The molecule has 24 heavy (non-hydrogen) atoms. The van der Waals surface area contributed by atoms with E-state index in [-0.39, 0.29) is 23.6 Å². The highest BCUT2D eigenvalue weighted by Crippen LogP contribution is 2.17. The first-order valence-electron chi connectivity index (χ1n) is 7.14. The van der Waals surface area contributed by atoms with Crippen LogP contribution < -0.4 is 10.3 Å². The minimum atomic E-state index is -1.03. The number of likely N-dealkylation sites (N-methyl/N-ethyl adjacent to an activating group) is 1. The van der Waals surface area contributed by atoms with Gasteiger partial charge in [-0.05, 0) is 24.3 Å². The largest absolute Gasteiger partial charge is 0.314 e. The molecule has 0 saturated carbocycles.